The lowest BCUT2D eigenvalue weighted by Crippen LogP contribution is -2.39. The Balaban J connectivity index is 1.52. The molecular weight excluding hydrogens is 368 g/mol. The van der Waals surface area contributed by atoms with Gasteiger partial charge in [0.15, 0.2) is 11.5 Å². The Hall–Kier alpha value is -2.54. The molecule has 2 aromatic rings. The topological polar surface area (TPSA) is 70.7 Å². The predicted molar refractivity (Wildman–Crippen MR) is 113 cm³/mol. The summed E-state index contributed by atoms with van der Waals surface area (Å²) < 4.78 is 10.8. The summed E-state index contributed by atoms with van der Waals surface area (Å²) in [4.78, 5) is 25.1. The molecule has 156 valence electrons. The summed E-state index contributed by atoms with van der Waals surface area (Å²) in [7, 11) is 3.29. The summed E-state index contributed by atoms with van der Waals surface area (Å²) in [6.45, 7) is 6.48. The molecule has 4 rings (SSSR count). The second-order valence-electron chi connectivity index (χ2n) is 8.16. The van der Waals surface area contributed by atoms with E-state index < -0.39 is 0 Å². The molecule has 3 heterocycles. The first kappa shape index (κ1) is 19.8. The van der Waals surface area contributed by atoms with Crippen LogP contribution in [-0.2, 0) is 19.5 Å². The molecule has 2 aliphatic heterocycles. The van der Waals surface area contributed by atoms with Crippen molar-refractivity contribution < 1.29 is 9.47 Å². The average Bonchev–Trinajstić information content (AvgIpc) is 2.73. The highest BCUT2D eigenvalue weighted by atomic mass is 16.5. The number of H-pyrrole nitrogens is 1. The van der Waals surface area contributed by atoms with E-state index in [1.54, 1.807) is 14.2 Å². The number of fused-ring (bicyclic) bond motifs is 1. The summed E-state index contributed by atoms with van der Waals surface area (Å²) in [5.41, 5.74) is 2.92. The highest BCUT2D eigenvalue weighted by Gasteiger charge is 2.24. The number of rotatable bonds is 5. The van der Waals surface area contributed by atoms with Gasteiger partial charge in [0.1, 0.15) is 0 Å². The SMILES string of the molecule is COc1ccc(CN2CCc3c(nc(N4CCC[C@@H](C)C4)[nH]c3=O)C2)cc1OC. The fraction of sp³-hybridized carbons (Fsp3) is 0.545. The number of aromatic nitrogens is 2. The molecule has 0 amide bonds. The maximum atomic E-state index is 12.7. The monoisotopic (exact) mass is 398 g/mol. The van der Waals surface area contributed by atoms with Gasteiger partial charge in [-0.3, -0.25) is 14.7 Å². The van der Waals surface area contributed by atoms with Gasteiger partial charge in [0.2, 0.25) is 5.95 Å². The normalized spacial score (nSPS) is 19.7. The number of anilines is 1. The van der Waals surface area contributed by atoms with E-state index in [0.29, 0.717) is 12.5 Å². The zero-order valence-corrected chi connectivity index (χ0v) is 17.5. The number of ether oxygens (including phenoxy) is 2. The molecule has 1 aromatic carbocycles. The number of aromatic amines is 1. The van der Waals surface area contributed by atoms with Crippen LogP contribution in [-0.4, -0.2) is 48.7 Å². The average molecular weight is 399 g/mol. The molecule has 0 saturated carbocycles. The van der Waals surface area contributed by atoms with E-state index in [4.69, 9.17) is 14.5 Å². The van der Waals surface area contributed by atoms with E-state index in [0.717, 1.165) is 73.3 Å². The number of piperidine rings is 1. The maximum absolute atomic E-state index is 12.7. The van der Waals surface area contributed by atoms with E-state index >= 15 is 0 Å². The number of methoxy groups -OCH3 is 2. The Morgan fingerprint density at radius 2 is 2.03 bits per heavy atom. The van der Waals surface area contributed by atoms with Crippen LogP contribution in [0.1, 0.15) is 36.6 Å². The van der Waals surface area contributed by atoms with Gasteiger partial charge in [-0.2, -0.15) is 0 Å². The fourth-order valence-electron chi connectivity index (χ4n) is 4.38. The van der Waals surface area contributed by atoms with Crippen molar-refractivity contribution in [3.63, 3.8) is 0 Å². The van der Waals surface area contributed by atoms with Crippen LogP contribution in [0.2, 0.25) is 0 Å². The fourth-order valence-corrected chi connectivity index (χ4v) is 4.38. The van der Waals surface area contributed by atoms with E-state index in [-0.39, 0.29) is 5.56 Å². The summed E-state index contributed by atoms with van der Waals surface area (Å²) in [6, 6.07) is 6.01. The van der Waals surface area contributed by atoms with Gasteiger partial charge in [0.25, 0.3) is 5.56 Å². The van der Waals surface area contributed by atoms with Crippen molar-refractivity contribution in [1.82, 2.24) is 14.9 Å². The highest BCUT2D eigenvalue weighted by Crippen LogP contribution is 2.29. The van der Waals surface area contributed by atoms with Crippen molar-refractivity contribution in [3.05, 3.63) is 45.4 Å². The van der Waals surface area contributed by atoms with Crippen LogP contribution >= 0.6 is 0 Å². The number of hydrogen-bond acceptors (Lipinski definition) is 6. The van der Waals surface area contributed by atoms with Gasteiger partial charge in [-0.25, -0.2) is 4.98 Å². The minimum absolute atomic E-state index is 0.0222. The molecule has 1 aromatic heterocycles. The molecule has 29 heavy (non-hydrogen) atoms. The van der Waals surface area contributed by atoms with Gasteiger partial charge >= 0.3 is 0 Å². The standard InChI is InChI=1S/C22H30N4O3/c1-15-5-4-9-26(12-15)22-23-18-14-25(10-8-17(18)21(27)24-22)13-16-6-7-19(28-2)20(11-16)29-3/h6-7,11,15H,4-5,8-10,12-14H2,1-3H3,(H,23,24,27)/t15-/m1/s1. The zero-order valence-electron chi connectivity index (χ0n) is 17.5. The first-order valence-corrected chi connectivity index (χ1v) is 10.4. The van der Waals surface area contributed by atoms with Crippen LogP contribution in [0.5, 0.6) is 11.5 Å². The van der Waals surface area contributed by atoms with Crippen LogP contribution in [0.25, 0.3) is 0 Å². The third-order valence-corrected chi connectivity index (χ3v) is 5.95. The molecule has 7 nitrogen and oxygen atoms in total. The number of nitrogens with zero attached hydrogens (tertiary/aromatic N) is 3. The Bertz CT molecular complexity index is 927. The molecule has 7 heteroatoms. The van der Waals surface area contributed by atoms with E-state index in [1.165, 1.54) is 6.42 Å². The molecule has 1 N–H and O–H groups in total. The summed E-state index contributed by atoms with van der Waals surface area (Å²) in [5, 5.41) is 0. The van der Waals surface area contributed by atoms with Gasteiger partial charge in [-0.05, 0) is 42.9 Å². The predicted octanol–water partition coefficient (Wildman–Crippen LogP) is 2.58. The van der Waals surface area contributed by atoms with Crippen LogP contribution in [0, 0.1) is 5.92 Å². The lowest BCUT2D eigenvalue weighted by atomic mass is 10.0. The van der Waals surface area contributed by atoms with Crippen molar-refractivity contribution in [2.24, 2.45) is 5.92 Å². The largest absolute Gasteiger partial charge is 0.493 e. The number of hydrogen-bond donors (Lipinski definition) is 1. The van der Waals surface area contributed by atoms with Crippen LogP contribution in [0.3, 0.4) is 0 Å². The van der Waals surface area contributed by atoms with Crippen LogP contribution < -0.4 is 19.9 Å². The molecule has 2 aliphatic rings. The Kier molecular flexibility index (Phi) is 5.76. The van der Waals surface area contributed by atoms with Crippen molar-refractivity contribution in [1.29, 1.82) is 0 Å². The van der Waals surface area contributed by atoms with Gasteiger partial charge in [-0.15, -0.1) is 0 Å². The smallest absolute Gasteiger partial charge is 0.255 e. The molecule has 0 radical (unpaired) electrons. The zero-order chi connectivity index (χ0) is 20.4. The summed E-state index contributed by atoms with van der Waals surface area (Å²) in [6.07, 6.45) is 3.11. The summed E-state index contributed by atoms with van der Waals surface area (Å²) in [5.74, 6) is 2.83. The van der Waals surface area contributed by atoms with Crippen LogP contribution in [0.15, 0.2) is 23.0 Å². The quantitative estimate of drug-likeness (QED) is 0.835. The maximum Gasteiger partial charge on any atom is 0.255 e. The van der Waals surface area contributed by atoms with Gasteiger partial charge in [0, 0.05) is 38.3 Å². The van der Waals surface area contributed by atoms with Crippen molar-refractivity contribution in [2.45, 2.75) is 39.3 Å². The highest BCUT2D eigenvalue weighted by molar-refractivity contribution is 5.43. The van der Waals surface area contributed by atoms with Gasteiger partial charge in [-0.1, -0.05) is 13.0 Å². The van der Waals surface area contributed by atoms with Crippen molar-refractivity contribution in [2.75, 3.05) is 38.8 Å². The second-order valence-corrected chi connectivity index (χ2v) is 8.16. The van der Waals surface area contributed by atoms with E-state index in [2.05, 4.69) is 27.8 Å². The minimum atomic E-state index is 0.0222. The summed E-state index contributed by atoms with van der Waals surface area (Å²) >= 11 is 0. The molecule has 1 fully saturated rings. The van der Waals surface area contributed by atoms with Crippen molar-refractivity contribution >= 4 is 5.95 Å². The minimum Gasteiger partial charge on any atom is -0.493 e. The van der Waals surface area contributed by atoms with Crippen LogP contribution in [0.4, 0.5) is 5.95 Å². The first-order valence-electron chi connectivity index (χ1n) is 10.4. The Morgan fingerprint density at radius 3 is 2.79 bits per heavy atom. The Morgan fingerprint density at radius 1 is 1.21 bits per heavy atom. The van der Waals surface area contributed by atoms with Gasteiger partial charge < -0.3 is 14.4 Å². The molecule has 0 unspecified atom stereocenters. The molecular formula is C22H30N4O3. The van der Waals surface area contributed by atoms with Crippen molar-refractivity contribution in [3.8, 4) is 11.5 Å². The third kappa shape index (κ3) is 4.24. The lowest BCUT2D eigenvalue weighted by molar-refractivity contribution is 0.240. The number of nitrogens with one attached hydrogen (secondary N) is 1. The molecule has 0 bridgehead atoms. The van der Waals surface area contributed by atoms with Gasteiger partial charge in [0.05, 0.1) is 19.9 Å². The molecule has 0 aliphatic carbocycles. The number of benzene rings is 1. The second kappa shape index (κ2) is 8.45. The Labute approximate surface area is 171 Å². The van der Waals surface area contributed by atoms with E-state index in [9.17, 15) is 4.79 Å². The third-order valence-electron chi connectivity index (χ3n) is 5.95. The lowest BCUT2D eigenvalue weighted by Gasteiger charge is -2.33. The molecule has 1 atom stereocenters. The molecule has 0 spiro atoms. The first-order chi connectivity index (χ1) is 14.1. The van der Waals surface area contributed by atoms with E-state index in [1.807, 2.05) is 12.1 Å². The molecule has 1 saturated heterocycles.